The zero-order valence-electron chi connectivity index (χ0n) is 30.3. The van der Waals surface area contributed by atoms with Crippen LogP contribution in [0.25, 0.3) is 20.9 Å². The Hall–Kier alpha value is -3.17. The summed E-state index contributed by atoms with van der Waals surface area (Å²) in [5.74, 6) is 0.355. The van der Waals surface area contributed by atoms with Gasteiger partial charge in [-0.2, -0.15) is 0 Å². The van der Waals surface area contributed by atoms with Crippen molar-refractivity contribution in [2.45, 2.75) is 83.1 Å². The van der Waals surface area contributed by atoms with Crippen LogP contribution in [-0.2, 0) is 6.54 Å². The van der Waals surface area contributed by atoms with Gasteiger partial charge in [-0.25, -0.2) is 0 Å². The molecule has 6 nitrogen and oxygen atoms in total. The van der Waals surface area contributed by atoms with Crippen LogP contribution in [0.15, 0.2) is 96.6 Å². The van der Waals surface area contributed by atoms with E-state index in [0.29, 0.717) is 25.9 Å². The van der Waals surface area contributed by atoms with Crippen LogP contribution in [0.3, 0.4) is 0 Å². The Morgan fingerprint density at radius 3 is 2.42 bits per heavy atom. The highest BCUT2D eigenvalue weighted by Crippen LogP contribution is 2.78. The van der Waals surface area contributed by atoms with E-state index in [9.17, 15) is 20.4 Å². The molecule has 6 aliphatic rings. The minimum atomic E-state index is -1.08. The van der Waals surface area contributed by atoms with E-state index in [-0.39, 0.29) is 41.6 Å². The van der Waals surface area contributed by atoms with Crippen molar-refractivity contribution in [3.05, 3.63) is 107 Å². The number of benzene rings is 3. The van der Waals surface area contributed by atoms with Gasteiger partial charge in [-0.15, -0.1) is 11.3 Å². The monoisotopic (exact) mass is 717 g/mol. The minimum Gasteiger partial charge on any atom is -0.394 e. The van der Waals surface area contributed by atoms with Gasteiger partial charge < -0.3 is 20.4 Å². The van der Waals surface area contributed by atoms with Crippen molar-refractivity contribution in [2.75, 3.05) is 19.7 Å². The number of carbonyl (C=O) groups is 1. The summed E-state index contributed by atoms with van der Waals surface area (Å²) in [6.07, 6.45) is 11.2. The van der Waals surface area contributed by atoms with E-state index in [1.807, 2.05) is 24.3 Å². The first-order chi connectivity index (χ1) is 25.0. The summed E-state index contributed by atoms with van der Waals surface area (Å²) >= 11 is 1.57. The highest BCUT2D eigenvalue weighted by atomic mass is 32.1. The van der Waals surface area contributed by atoms with Crippen LogP contribution in [0.5, 0.6) is 0 Å². The van der Waals surface area contributed by atoms with Crippen LogP contribution in [0.1, 0.15) is 74.0 Å². The first-order valence-electron chi connectivity index (χ1n) is 19.3. The molecular formula is C45H51NO5S. The first-order valence-corrected chi connectivity index (χ1v) is 20.1. The zero-order valence-corrected chi connectivity index (χ0v) is 31.1. The number of aliphatic hydroxyl groups is 4. The molecule has 52 heavy (non-hydrogen) atoms. The van der Waals surface area contributed by atoms with Crippen LogP contribution >= 0.6 is 11.3 Å². The highest BCUT2D eigenvalue weighted by molar-refractivity contribution is 7.21. The lowest BCUT2D eigenvalue weighted by Gasteiger charge is -2.71. The van der Waals surface area contributed by atoms with Crippen molar-refractivity contribution >= 4 is 38.0 Å². The molecule has 1 aromatic heterocycles. The molecule has 6 aliphatic carbocycles. The minimum absolute atomic E-state index is 0.0359. The Labute approximate surface area is 310 Å². The van der Waals surface area contributed by atoms with Gasteiger partial charge in [0.2, 0.25) is 0 Å². The Kier molecular flexibility index (Phi) is 8.10. The van der Waals surface area contributed by atoms with E-state index in [1.165, 1.54) is 0 Å². The van der Waals surface area contributed by atoms with Crippen LogP contribution in [0.4, 0.5) is 0 Å². The van der Waals surface area contributed by atoms with E-state index in [0.717, 1.165) is 69.0 Å². The van der Waals surface area contributed by atoms with Crippen molar-refractivity contribution in [3.8, 4) is 0 Å². The molecule has 1 heterocycles. The number of rotatable bonds is 9. The van der Waals surface area contributed by atoms with Crippen LogP contribution < -0.4 is 0 Å². The van der Waals surface area contributed by atoms with Gasteiger partial charge in [0.05, 0.1) is 29.3 Å². The average Bonchev–Trinajstić information content (AvgIpc) is 3.69. The molecule has 2 spiro atoms. The van der Waals surface area contributed by atoms with E-state index >= 15 is 4.79 Å². The normalized spacial score (nSPS) is 36.8. The largest absolute Gasteiger partial charge is 0.394 e. The topological polar surface area (TPSA) is 101 Å². The molecule has 2 bridgehead atoms. The molecular weight excluding hydrogens is 667 g/mol. The van der Waals surface area contributed by atoms with Crippen LogP contribution in [0, 0.1) is 33.5 Å². The van der Waals surface area contributed by atoms with E-state index in [4.69, 9.17) is 0 Å². The third-order valence-corrected chi connectivity index (χ3v) is 16.2. The summed E-state index contributed by atoms with van der Waals surface area (Å²) in [7, 11) is 0. The van der Waals surface area contributed by atoms with Crippen molar-refractivity contribution in [1.29, 1.82) is 0 Å². The number of allylic oxidation sites excluding steroid dienone is 4. The van der Waals surface area contributed by atoms with Gasteiger partial charge >= 0.3 is 0 Å². The summed E-state index contributed by atoms with van der Waals surface area (Å²) in [6.45, 7) is 5.49. The fraction of sp³-hybridized carbons (Fsp3) is 0.489. The average molecular weight is 718 g/mol. The molecule has 3 aromatic carbocycles. The number of thiophene rings is 1. The lowest BCUT2D eigenvalue weighted by atomic mass is 9.32. The van der Waals surface area contributed by atoms with Gasteiger partial charge in [0.15, 0.2) is 5.78 Å². The maximum absolute atomic E-state index is 15.1. The Balaban J connectivity index is 1.12. The van der Waals surface area contributed by atoms with Crippen molar-refractivity contribution in [2.24, 2.45) is 33.5 Å². The standard InChI is InChI=1S/C45H51NO5S/c1-41-17-14-32(48)23-43(41)20-21-45(35(24-43)40(50)37-22-30-9-4-6-13-36(30)52-37)38(41)15-18-42(2)39(45)16-19-44(42,51)28-46(26-33(49)27-47)25-31-11-7-10-29-8-3-5-12-34(29)31/h3-13,20-22,24,32-33,38-39,47-49,51H,14-19,23,25-28H2,1-2H3/t32?,33-,38+,39+,41+,42-,43-,44+,45+/m0/s1. The number of hydrogen-bond acceptors (Lipinski definition) is 7. The molecule has 272 valence electrons. The Morgan fingerprint density at radius 2 is 1.62 bits per heavy atom. The number of fused-ring (bicyclic) bond motifs is 3. The summed E-state index contributed by atoms with van der Waals surface area (Å²) in [5.41, 5.74) is -0.589. The number of ketones is 1. The number of nitrogens with zero attached hydrogens (tertiary/aromatic N) is 1. The zero-order chi connectivity index (χ0) is 36.1. The molecule has 7 heteroatoms. The molecule has 3 fully saturated rings. The molecule has 10 rings (SSSR count). The van der Waals surface area contributed by atoms with Gasteiger partial charge in [0.25, 0.3) is 0 Å². The van der Waals surface area contributed by atoms with E-state index < -0.39 is 28.6 Å². The van der Waals surface area contributed by atoms with Gasteiger partial charge in [0.1, 0.15) is 0 Å². The van der Waals surface area contributed by atoms with E-state index in [1.54, 1.807) is 11.3 Å². The lowest BCUT2D eigenvalue weighted by molar-refractivity contribution is -0.177. The number of Topliss-reactive ketones (excluding diaryl/α,β-unsaturated/α-hetero) is 1. The predicted molar refractivity (Wildman–Crippen MR) is 207 cm³/mol. The maximum Gasteiger partial charge on any atom is 0.199 e. The fourth-order valence-corrected chi connectivity index (χ4v) is 13.4. The molecule has 0 radical (unpaired) electrons. The first kappa shape index (κ1) is 34.6. The second kappa shape index (κ2) is 12.2. The summed E-state index contributed by atoms with van der Waals surface area (Å²) in [5, 5.41) is 48.3. The van der Waals surface area contributed by atoms with Crippen molar-refractivity contribution in [1.82, 2.24) is 4.90 Å². The second-order valence-corrected chi connectivity index (χ2v) is 18.5. The maximum atomic E-state index is 15.1. The molecule has 3 saturated carbocycles. The summed E-state index contributed by atoms with van der Waals surface area (Å²) in [6, 6.07) is 24.8. The number of hydrogen-bond donors (Lipinski definition) is 4. The molecule has 0 saturated heterocycles. The molecule has 0 amide bonds. The molecule has 0 aliphatic heterocycles. The lowest BCUT2D eigenvalue weighted by Crippen LogP contribution is -2.67. The highest BCUT2D eigenvalue weighted by Gasteiger charge is 2.74. The quantitative estimate of drug-likeness (QED) is 0.105. The van der Waals surface area contributed by atoms with Crippen LogP contribution in [-0.4, -0.2) is 68.6 Å². The third-order valence-electron chi connectivity index (χ3n) is 15.0. The predicted octanol–water partition coefficient (Wildman–Crippen LogP) is 7.68. The second-order valence-electron chi connectivity index (χ2n) is 17.4. The smallest absolute Gasteiger partial charge is 0.199 e. The molecule has 4 N–H and O–H groups in total. The SMILES string of the molecule is C[C@]12CC[C@H]3[C@]4(C=C[C@@]5(C=C4C(=O)c4cc6ccccc6s4)CC(O)CC[C@]35C)[C@@H]1CC[C@@]2(O)CN(Cc1cccc2ccccc12)C[C@H](O)CO. The number of aliphatic hydroxyl groups excluding tert-OH is 3. The van der Waals surface area contributed by atoms with Gasteiger partial charge in [-0.3, -0.25) is 9.69 Å². The summed E-state index contributed by atoms with van der Waals surface area (Å²) < 4.78 is 1.10. The third kappa shape index (κ3) is 4.82. The molecule has 9 atom stereocenters. The molecule has 1 unspecified atom stereocenters. The van der Waals surface area contributed by atoms with Gasteiger partial charge in [-0.1, -0.05) is 92.7 Å². The number of carbonyl (C=O) groups excluding carboxylic acids is 1. The van der Waals surface area contributed by atoms with Gasteiger partial charge in [0, 0.05) is 46.2 Å². The van der Waals surface area contributed by atoms with Gasteiger partial charge in [-0.05, 0) is 96.1 Å². The van der Waals surface area contributed by atoms with Crippen LogP contribution in [0.2, 0.25) is 0 Å². The fourth-order valence-electron chi connectivity index (χ4n) is 12.4. The van der Waals surface area contributed by atoms with E-state index in [2.05, 4.69) is 85.5 Å². The van der Waals surface area contributed by atoms with Crippen molar-refractivity contribution < 1.29 is 25.2 Å². The van der Waals surface area contributed by atoms with Crippen molar-refractivity contribution in [3.63, 3.8) is 0 Å². The molecule has 4 aromatic rings. The summed E-state index contributed by atoms with van der Waals surface area (Å²) in [4.78, 5) is 18.0. The Morgan fingerprint density at radius 1 is 0.904 bits per heavy atom. The Bertz CT molecular complexity index is 2080.